The number of nitrogens with two attached hydrogens (primary N) is 1. The first-order valence-corrected chi connectivity index (χ1v) is 15.6. The van der Waals surface area contributed by atoms with Crippen molar-refractivity contribution in [1.29, 1.82) is 0 Å². The first kappa shape index (κ1) is 26.6. The normalized spacial score (nSPS) is 24.7. The summed E-state index contributed by atoms with van der Waals surface area (Å²) in [4.78, 5) is 22.1. The highest BCUT2D eigenvalue weighted by Crippen LogP contribution is 2.40. The van der Waals surface area contributed by atoms with Gasteiger partial charge in [-0.2, -0.15) is 9.78 Å². The maximum absolute atomic E-state index is 14.4. The number of piperidine rings is 1. The molecule has 6 heterocycles. The molecule has 2 unspecified atom stereocenters. The molecule has 220 valence electrons. The van der Waals surface area contributed by atoms with Crippen LogP contribution in [0.1, 0.15) is 55.7 Å². The number of nitrogens with zero attached hydrogens (tertiary/aromatic N) is 4. The van der Waals surface area contributed by atoms with E-state index in [1.165, 1.54) is 17.5 Å². The van der Waals surface area contributed by atoms with Crippen LogP contribution in [0.3, 0.4) is 0 Å². The standard InChI is InChI=1S/C34H37N7O2/c1-2-21-6-3-7-22-12-24(35)15-29(31(21)22)41-33(42)27-16-30(43-20-34-8-4-10-40(34)11-5-9-34)39-32(28(27)19-37-41)23-13-25-17-36-18-26(14-23)38-25/h1,3,6-7,12,15-16,19,23,25-26,36,38H,4-5,8-11,13-14,17-18,20,35H2. The summed E-state index contributed by atoms with van der Waals surface area (Å²) in [5.74, 6) is 3.50. The predicted octanol–water partition coefficient (Wildman–Crippen LogP) is 3.31. The first-order valence-electron chi connectivity index (χ1n) is 15.6. The molecule has 4 saturated heterocycles. The Kier molecular flexibility index (Phi) is 6.40. The number of nitrogens with one attached hydrogen (secondary N) is 2. The van der Waals surface area contributed by atoms with E-state index < -0.39 is 0 Å². The lowest BCUT2D eigenvalue weighted by molar-refractivity contribution is 0.110. The molecule has 4 aliphatic heterocycles. The van der Waals surface area contributed by atoms with E-state index in [0.29, 0.717) is 46.9 Å². The van der Waals surface area contributed by atoms with Gasteiger partial charge < -0.3 is 21.1 Å². The van der Waals surface area contributed by atoms with Crippen LogP contribution in [-0.2, 0) is 0 Å². The topological polar surface area (TPSA) is 110 Å². The number of piperazine rings is 1. The second kappa shape index (κ2) is 10.3. The lowest BCUT2D eigenvalue weighted by Crippen LogP contribution is -2.58. The SMILES string of the molecule is C#Cc1cccc2cc(N)cc(-n3ncc4c(C5CC6CNCC(C5)N6)nc(OCC56CCCN5CCC6)cc4c3=O)c12. The fourth-order valence-corrected chi connectivity index (χ4v) is 8.28. The van der Waals surface area contributed by atoms with Crippen molar-refractivity contribution in [2.24, 2.45) is 0 Å². The van der Waals surface area contributed by atoms with Crippen molar-refractivity contribution in [3.05, 3.63) is 64.2 Å². The van der Waals surface area contributed by atoms with Gasteiger partial charge in [-0.15, -0.1) is 6.42 Å². The zero-order valence-electron chi connectivity index (χ0n) is 24.3. The fourth-order valence-electron chi connectivity index (χ4n) is 8.28. The Labute approximate surface area is 250 Å². The number of fused-ring (bicyclic) bond motifs is 5. The molecule has 9 nitrogen and oxygen atoms in total. The van der Waals surface area contributed by atoms with Crippen molar-refractivity contribution in [2.45, 2.75) is 62.1 Å². The van der Waals surface area contributed by atoms with Crippen LogP contribution in [0.4, 0.5) is 5.69 Å². The largest absolute Gasteiger partial charge is 0.476 e. The number of nitrogen functional groups attached to an aromatic ring is 1. The van der Waals surface area contributed by atoms with Crippen molar-refractivity contribution in [2.75, 3.05) is 38.5 Å². The van der Waals surface area contributed by atoms with Gasteiger partial charge in [0.15, 0.2) is 0 Å². The summed E-state index contributed by atoms with van der Waals surface area (Å²) < 4.78 is 7.99. The average molecular weight is 576 g/mol. The molecule has 0 radical (unpaired) electrons. The number of ether oxygens (including phenoxy) is 1. The molecule has 2 bridgehead atoms. The van der Waals surface area contributed by atoms with Crippen LogP contribution in [0.25, 0.3) is 27.2 Å². The molecular formula is C34H37N7O2. The molecule has 0 saturated carbocycles. The molecule has 9 heteroatoms. The number of rotatable bonds is 5. The first-order chi connectivity index (χ1) is 21.0. The van der Waals surface area contributed by atoms with Crippen molar-refractivity contribution in [3.63, 3.8) is 0 Å². The zero-order valence-corrected chi connectivity index (χ0v) is 24.3. The van der Waals surface area contributed by atoms with Crippen LogP contribution >= 0.6 is 0 Å². The number of aromatic nitrogens is 3. The monoisotopic (exact) mass is 575 g/mol. The van der Waals surface area contributed by atoms with Gasteiger partial charge in [0.25, 0.3) is 5.56 Å². The Morgan fingerprint density at radius 3 is 2.65 bits per heavy atom. The van der Waals surface area contributed by atoms with Crippen molar-refractivity contribution >= 4 is 27.2 Å². The second-order valence-electron chi connectivity index (χ2n) is 12.9. The molecule has 2 atom stereocenters. The van der Waals surface area contributed by atoms with Crippen LogP contribution in [0.15, 0.2) is 47.4 Å². The third kappa shape index (κ3) is 4.48. The van der Waals surface area contributed by atoms with Crippen LogP contribution in [-0.4, -0.2) is 70.1 Å². The molecule has 2 aromatic carbocycles. The number of hydrogen-bond acceptors (Lipinski definition) is 8. The molecule has 4 aliphatic rings. The lowest BCUT2D eigenvalue weighted by atomic mass is 9.82. The Bertz CT molecular complexity index is 1820. The van der Waals surface area contributed by atoms with E-state index in [4.69, 9.17) is 27.0 Å². The van der Waals surface area contributed by atoms with Gasteiger partial charge in [-0.3, -0.25) is 9.69 Å². The van der Waals surface area contributed by atoms with E-state index in [2.05, 4.69) is 21.5 Å². The number of anilines is 1. The van der Waals surface area contributed by atoms with Crippen molar-refractivity contribution < 1.29 is 4.74 Å². The summed E-state index contributed by atoms with van der Waals surface area (Å²) in [5, 5.41) is 15.0. The summed E-state index contributed by atoms with van der Waals surface area (Å²) >= 11 is 0. The van der Waals surface area contributed by atoms with Crippen molar-refractivity contribution in [3.8, 4) is 23.9 Å². The Balaban J connectivity index is 1.28. The van der Waals surface area contributed by atoms with Gasteiger partial charge in [0, 0.05) is 59.2 Å². The average Bonchev–Trinajstić information content (AvgIpc) is 3.60. The zero-order chi connectivity index (χ0) is 29.1. The van der Waals surface area contributed by atoms with Gasteiger partial charge in [0.1, 0.15) is 6.61 Å². The molecule has 8 rings (SSSR count). The van der Waals surface area contributed by atoms with Crippen LogP contribution < -0.4 is 26.7 Å². The molecule has 2 aromatic heterocycles. The van der Waals surface area contributed by atoms with E-state index in [-0.39, 0.29) is 17.0 Å². The van der Waals surface area contributed by atoms with E-state index in [9.17, 15) is 4.79 Å². The molecule has 4 fully saturated rings. The van der Waals surface area contributed by atoms with Gasteiger partial charge in [0.2, 0.25) is 5.88 Å². The Hall–Kier alpha value is -3.97. The van der Waals surface area contributed by atoms with Gasteiger partial charge in [-0.25, -0.2) is 4.98 Å². The number of hydrogen-bond donors (Lipinski definition) is 3. The molecule has 0 aliphatic carbocycles. The van der Waals surface area contributed by atoms with E-state index in [0.717, 1.165) is 73.7 Å². The highest BCUT2D eigenvalue weighted by Gasteiger charge is 2.45. The van der Waals surface area contributed by atoms with Gasteiger partial charge in [-0.1, -0.05) is 18.1 Å². The highest BCUT2D eigenvalue weighted by molar-refractivity contribution is 5.97. The third-order valence-electron chi connectivity index (χ3n) is 10.2. The number of benzene rings is 2. The molecule has 0 amide bonds. The maximum Gasteiger partial charge on any atom is 0.279 e. The summed E-state index contributed by atoms with van der Waals surface area (Å²) in [6.07, 6.45) is 14.3. The van der Waals surface area contributed by atoms with Gasteiger partial charge in [0.05, 0.1) is 28.5 Å². The van der Waals surface area contributed by atoms with E-state index in [1.807, 2.05) is 30.3 Å². The fraction of sp³-hybridized carbons (Fsp3) is 0.441. The minimum absolute atomic E-state index is 0.0822. The van der Waals surface area contributed by atoms with Crippen LogP contribution in [0.5, 0.6) is 5.88 Å². The molecule has 0 spiro atoms. The van der Waals surface area contributed by atoms with Crippen LogP contribution in [0, 0.1) is 12.3 Å². The quantitative estimate of drug-likeness (QED) is 0.246. The molecular weight excluding hydrogens is 538 g/mol. The van der Waals surface area contributed by atoms with Gasteiger partial charge >= 0.3 is 0 Å². The Morgan fingerprint density at radius 2 is 1.88 bits per heavy atom. The second-order valence-corrected chi connectivity index (χ2v) is 12.9. The van der Waals surface area contributed by atoms with Gasteiger partial charge in [-0.05, 0) is 75.2 Å². The lowest BCUT2D eigenvalue weighted by Gasteiger charge is -2.40. The van der Waals surface area contributed by atoms with E-state index >= 15 is 0 Å². The van der Waals surface area contributed by atoms with E-state index in [1.54, 1.807) is 12.3 Å². The summed E-state index contributed by atoms with van der Waals surface area (Å²) in [7, 11) is 0. The summed E-state index contributed by atoms with van der Waals surface area (Å²) in [6, 6.07) is 11.9. The molecule has 43 heavy (non-hydrogen) atoms. The Morgan fingerprint density at radius 1 is 1.09 bits per heavy atom. The predicted molar refractivity (Wildman–Crippen MR) is 169 cm³/mol. The number of terminal acetylenes is 1. The van der Waals surface area contributed by atoms with Crippen LogP contribution in [0.2, 0.25) is 0 Å². The summed E-state index contributed by atoms with van der Waals surface area (Å²) in [6.45, 7) is 4.73. The minimum Gasteiger partial charge on any atom is -0.476 e. The van der Waals surface area contributed by atoms with Crippen molar-refractivity contribution in [1.82, 2.24) is 30.3 Å². The number of pyridine rings is 1. The third-order valence-corrected chi connectivity index (χ3v) is 10.2. The smallest absolute Gasteiger partial charge is 0.279 e. The molecule has 4 N–H and O–H groups in total. The molecule has 4 aromatic rings. The summed E-state index contributed by atoms with van der Waals surface area (Å²) in [5.41, 5.74) is 8.87. The minimum atomic E-state index is -0.234. The highest BCUT2D eigenvalue weighted by atomic mass is 16.5. The maximum atomic E-state index is 14.4.